The number of carboxylic acids is 1. The van der Waals surface area contributed by atoms with Crippen LogP contribution in [0.25, 0.3) is 11.1 Å². The summed E-state index contributed by atoms with van der Waals surface area (Å²) < 4.78 is 30.5. The molecule has 1 aliphatic carbocycles. The largest absolute Gasteiger partial charge is 0.481 e. The second-order valence-corrected chi connectivity index (χ2v) is 10.9. The molecule has 0 saturated carbocycles. The van der Waals surface area contributed by atoms with Crippen molar-refractivity contribution in [3.63, 3.8) is 0 Å². The summed E-state index contributed by atoms with van der Waals surface area (Å²) in [6.07, 6.45) is -0.255. The Kier molecular flexibility index (Phi) is 8.46. The zero-order chi connectivity index (χ0) is 28.0. The number of hydrogen-bond donors (Lipinski definition) is 3. The van der Waals surface area contributed by atoms with E-state index in [0.717, 1.165) is 33.7 Å². The van der Waals surface area contributed by atoms with Crippen LogP contribution in [0.15, 0.2) is 95.2 Å². The third-order valence-corrected chi connectivity index (χ3v) is 7.80. The fraction of sp³-hybridized carbons (Fsp3) is 0.207. The average Bonchev–Trinajstić information content (AvgIpc) is 3.24. The number of carbonyl (C=O) groups excluding carboxylic acids is 2. The summed E-state index contributed by atoms with van der Waals surface area (Å²) in [5.41, 5.74) is 4.26. The van der Waals surface area contributed by atoms with Crippen LogP contribution >= 0.6 is 0 Å². The third-order valence-electron chi connectivity index (χ3n) is 6.36. The van der Waals surface area contributed by atoms with Crippen LogP contribution < -0.4 is 10.6 Å². The van der Waals surface area contributed by atoms with Gasteiger partial charge in [-0.3, -0.25) is 9.59 Å². The van der Waals surface area contributed by atoms with Gasteiger partial charge in [-0.15, -0.1) is 0 Å². The Bertz CT molecular complexity index is 1460. The molecule has 0 fully saturated rings. The van der Waals surface area contributed by atoms with Crippen molar-refractivity contribution in [1.82, 2.24) is 10.6 Å². The van der Waals surface area contributed by atoms with Gasteiger partial charge < -0.3 is 20.5 Å². The van der Waals surface area contributed by atoms with E-state index in [1.54, 1.807) is 18.2 Å². The number of fused-ring (bicyclic) bond motifs is 3. The van der Waals surface area contributed by atoms with Gasteiger partial charge in [-0.2, -0.15) is 0 Å². The maximum atomic E-state index is 12.7. The van der Waals surface area contributed by atoms with Gasteiger partial charge in [0.05, 0.1) is 17.4 Å². The average molecular weight is 549 g/mol. The van der Waals surface area contributed by atoms with Crippen molar-refractivity contribution in [3.8, 4) is 11.1 Å². The van der Waals surface area contributed by atoms with Gasteiger partial charge in [0.15, 0.2) is 9.84 Å². The Morgan fingerprint density at radius 3 is 2.05 bits per heavy atom. The minimum absolute atomic E-state index is 0.0342. The quantitative estimate of drug-likeness (QED) is 0.350. The summed E-state index contributed by atoms with van der Waals surface area (Å²) in [5, 5.41) is 15.0. The molecule has 202 valence electrons. The Labute approximate surface area is 226 Å². The minimum atomic E-state index is -3.84. The molecule has 2 atom stereocenters. The molecular formula is C29H28N2O7S. The molecule has 3 aromatic rings. The van der Waals surface area contributed by atoms with Gasteiger partial charge in [-0.1, -0.05) is 66.7 Å². The van der Waals surface area contributed by atoms with Crippen molar-refractivity contribution in [1.29, 1.82) is 0 Å². The fourth-order valence-corrected chi connectivity index (χ4v) is 5.52. The lowest BCUT2D eigenvalue weighted by atomic mass is 9.98. The molecule has 9 nitrogen and oxygen atoms in total. The predicted octanol–water partition coefficient (Wildman–Crippen LogP) is 3.86. The Morgan fingerprint density at radius 1 is 0.897 bits per heavy atom. The summed E-state index contributed by atoms with van der Waals surface area (Å²) in [6.45, 7) is 1.48. The minimum Gasteiger partial charge on any atom is -0.481 e. The molecule has 0 aromatic heterocycles. The number of alkyl carbamates (subject to hydrolysis) is 1. The molecule has 0 radical (unpaired) electrons. The molecule has 3 aromatic carbocycles. The maximum Gasteiger partial charge on any atom is 0.407 e. The van der Waals surface area contributed by atoms with E-state index in [0.29, 0.717) is 0 Å². The number of aliphatic carboxylic acids is 1. The third kappa shape index (κ3) is 6.71. The summed E-state index contributed by atoms with van der Waals surface area (Å²) >= 11 is 0. The molecule has 0 spiro atoms. The Morgan fingerprint density at radius 2 is 1.46 bits per heavy atom. The highest BCUT2D eigenvalue weighted by molar-refractivity contribution is 7.94. The zero-order valence-electron chi connectivity index (χ0n) is 21.1. The number of carbonyl (C=O) groups is 3. The molecule has 4 rings (SSSR count). The second kappa shape index (κ2) is 12.0. The number of carboxylic acid groups (broad SMARTS) is 1. The molecular weight excluding hydrogens is 520 g/mol. The first-order chi connectivity index (χ1) is 18.7. The van der Waals surface area contributed by atoms with Gasteiger partial charge in [-0.25, -0.2) is 13.2 Å². The van der Waals surface area contributed by atoms with Crippen LogP contribution in [0, 0.1) is 0 Å². The van der Waals surface area contributed by atoms with E-state index in [9.17, 15) is 27.9 Å². The number of hydrogen-bond acceptors (Lipinski definition) is 6. The van der Waals surface area contributed by atoms with Crippen LogP contribution in [0.1, 0.15) is 30.4 Å². The van der Waals surface area contributed by atoms with E-state index in [-0.39, 0.29) is 17.4 Å². The van der Waals surface area contributed by atoms with Crippen LogP contribution in [0.5, 0.6) is 0 Å². The van der Waals surface area contributed by atoms with Crippen molar-refractivity contribution in [2.24, 2.45) is 0 Å². The fourth-order valence-electron chi connectivity index (χ4n) is 4.43. The van der Waals surface area contributed by atoms with Crippen molar-refractivity contribution in [3.05, 3.63) is 101 Å². The standard InChI is InChI=1S/C29H28N2O7S/c1-19(28(34)31-20(17-27(32)33)15-16-39(36,37)21-9-3-2-4-10-21)30-29(35)38-18-26-24-13-7-5-11-22(24)23-12-6-8-14-25(23)26/h2-16,19-20,26H,17-18H2,1H3,(H,30,35)(H,31,34)(H,32,33)/b16-15+/t19-,20+/m0/s1. The van der Waals surface area contributed by atoms with Gasteiger partial charge in [0, 0.05) is 11.3 Å². The molecule has 39 heavy (non-hydrogen) atoms. The molecule has 0 saturated heterocycles. The summed E-state index contributed by atoms with van der Waals surface area (Å²) in [5.74, 6) is -2.08. The van der Waals surface area contributed by atoms with E-state index in [2.05, 4.69) is 10.6 Å². The molecule has 10 heteroatoms. The summed E-state index contributed by atoms with van der Waals surface area (Å²) in [7, 11) is -3.84. The lowest BCUT2D eigenvalue weighted by molar-refractivity contribution is -0.137. The van der Waals surface area contributed by atoms with Gasteiger partial charge >= 0.3 is 12.1 Å². The zero-order valence-corrected chi connectivity index (χ0v) is 21.9. The van der Waals surface area contributed by atoms with Crippen LogP contribution in [-0.2, 0) is 24.2 Å². The monoisotopic (exact) mass is 548 g/mol. The smallest absolute Gasteiger partial charge is 0.407 e. The van der Waals surface area contributed by atoms with E-state index < -0.39 is 46.3 Å². The van der Waals surface area contributed by atoms with Crippen LogP contribution in [0.3, 0.4) is 0 Å². The highest BCUT2D eigenvalue weighted by Gasteiger charge is 2.29. The van der Waals surface area contributed by atoms with Crippen molar-refractivity contribution in [2.45, 2.75) is 36.2 Å². The number of rotatable bonds is 10. The Hall–Kier alpha value is -4.44. The number of nitrogens with one attached hydrogen (secondary N) is 2. The van der Waals surface area contributed by atoms with Gasteiger partial charge in [0.2, 0.25) is 5.91 Å². The molecule has 0 unspecified atom stereocenters. The van der Waals surface area contributed by atoms with Crippen molar-refractivity contribution >= 4 is 27.8 Å². The SMILES string of the molecule is C[C@H](NC(=O)OCC1c2ccccc2-c2ccccc21)C(=O)N[C@H](/C=C/S(=O)(=O)c1ccccc1)CC(=O)O. The summed E-state index contributed by atoms with van der Waals surface area (Å²) in [6, 6.07) is 21.2. The van der Waals surface area contributed by atoms with Crippen LogP contribution in [-0.4, -0.2) is 50.2 Å². The van der Waals surface area contributed by atoms with Gasteiger partial charge in [0.1, 0.15) is 12.6 Å². The van der Waals surface area contributed by atoms with E-state index in [4.69, 9.17) is 4.74 Å². The highest BCUT2D eigenvalue weighted by atomic mass is 32.2. The van der Waals surface area contributed by atoms with Gasteiger partial charge in [-0.05, 0) is 47.4 Å². The van der Waals surface area contributed by atoms with Gasteiger partial charge in [0.25, 0.3) is 0 Å². The molecule has 0 aliphatic heterocycles. The predicted molar refractivity (Wildman–Crippen MR) is 145 cm³/mol. The summed E-state index contributed by atoms with van der Waals surface area (Å²) in [4.78, 5) is 36.5. The number of sulfone groups is 1. The lowest BCUT2D eigenvalue weighted by Gasteiger charge is -2.19. The Balaban J connectivity index is 1.35. The van der Waals surface area contributed by atoms with Crippen molar-refractivity contribution in [2.75, 3.05) is 6.61 Å². The van der Waals surface area contributed by atoms with Crippen LogP contribution in [0.2, 0.25) is 0 Å². The second-order valence-electron chi connectivity index (χ2n) is 9.09. The van der Waals surface area contributed by atoms with E-state index in [1.807, 2.05) is 48.5 Å². The van der Waals surface area contributed by atoms with Crippen LogP contribution in [0.4, 0.5) is 4.79 Å². The normalized spacial score (nSPS) is 14.2. The first-order valence-electron chi connectivity index (χ1n) is 12.3. The topological polar surface area (TPSA) is 139 Å². The highest BCUT2D eigenvalue weighted by Crippen LogP contribution is 2.44. The number of ether oxygens (including phenoxy) is 1. The van der Waals surface area contributed by atoms with Crippen molar-refractivity contribution < 1.29 is 32.6 Å². The molecule has 1 aliphatic rings. The van der Waals surface area contributed by atoms with E-state index in [1.165, 1.54) is 19.1 Å². The molecule has 2 amide bonds. The maximum absolute atomic E-state index is 12.7. The first kappa shape index (κ1) is 27.6. The number of amides is 2. The first-order valence-corrected chi connectivity index (χ1v) is 13.8. The molecule has 0 bridgehead atoms. The molecule has 3 N–H and O–H groups in total. The van der Waals surface area contributed by atoms with E-state index >= 15 is 0 Å². The lowest BCUT2D eigenvalue weighted by Crippen LogP contribution is -2.48. The molecule has 0 heterocycles. The number of benzene rings is 3.